The molecule has 0 saturated carbocycles. The number of carboxylic acids is 1. The van der Waals surface area contributed by atoms with Gasteiger partial charge in [0.1, 0.15) is 6.04 Å². The first-order valence-corrected chi connectivity index (χ1v) is 3.85. The van der Waals surface area contributed by atoms with Crippen molar-refractivity contribution in [2.75, 3.05) is 6.54 Å². The Morgan fingerprint density at radius 1 is 1.25 bits per heavy atom. The highest BCUT2D eigenvalue weighted by Gasteiger charge is 2.31. The molecule has 1 heterocycles. The van der Waals surface area contributed by atoms with E-state index >= 15 is 0 Å². The van der Waals surface area contributed by atoms with E-state index in [-0.39, 0.29) is 0 Å². The monoisotopic (exact) mass is 173 g/mol. The van der Waals surface area contributed by atoms with Gasteiger partial charge in [0.15, 0.2) is 0 Å². The standard InChI is InChI=1S/C7H11NO4/c9-6(10)5-3-1-2-4-8(5)7(11)12/h5H,1-4H2,(H,9,10)(H,11,12)/t5-/m0/s1. The second kappa shape index (κ2) is 3.42. The van der Waals surface area contributed by atoms with Gasteiger partial charge in [-0.05, 0) is 19.3 Å². The summed E-state index contributed by atoms with van der Waals surface area (Å²) in [6.45, 7) is 0.340. The fourth-order valence-electron chi connectivity index (χ4n) is 1.42. The molecule has 2 N–H and O–H groups in total. The van der Waals surface area contributed by atoms with E-state index in [1.54, 1.807) is 0 Å². The maximum atomic E-state index is 10.6. The molecule has 0 aromatic heterocycles. The van der Waals surface area contributed by atoms with Crippen LogP contribution in [0.2, 0.25) is 0 Å². The first kappa shape index (κ1) is 8.83. The molecule has 0 bridgehead atoms. The van der Waals surface area contributed by atoms with E-state index in [1.165, 1.54) is 0 Å². The molecule has 12 heavy (non-hydrogen) atoms. The van der Waals surface area contributed by atoms with E-state index in [1.807, 2.05) is 0 Å². The lowest BCUT2D eigenvalue weighted by Gasteiger charge is -2.30. The molecule has 5 heteroatoms. The third kappa shape index (κ3) is 1.66. The summed E-state index contributed by atoms with van der Waals surface area (Å²) in [5.41, 5.74) is 0. The van der Waals surface area contributed by atoms with Crippen LogP contribution in [0.4, 0.5) is 4.79 Å². The third-order valence-electron chi connectivity index (χ3n) is 2.03. The first-order valence-electron chi connectivity index (χ1n) is 3.85. The summed E-state index contributed by atoms with van der Waals surface area (Å²) in [6, 6.07) is -0.837. The summed E-state index contributed by atoms with van der Waals surface area (Å²) in [4.78, 5) is 22.1. The number of aliphatic carboxylic acids is 1. The number of nitrogens with zero attached hydrogens (tertiary/aromatic N) is 1. The van der Waals surface area contributed by atoms with Crippen molar-refractivity contribution in [2.24, 2.45) is 0 Å². The van der Waals surface area contributed by atoms with Gasteiger partial charge in [0.25, 0.3) is 0 Å². The van der Waals surface area contributed by atoms with E-state index in [0.29, 0.717) is 13.0 Å². The quantitative estimate of drug-likeness (QED) is 0.608. The molecule has 1 aliphatic heterocycles. The fourth-order valence-corrected chi connectivity index (χ4v) is 1.42. The summed E-state index contributed by atoms with van der Waals surface area (Å²) in [7, 11) is 0. The highest BCUT2D eigenvalue weighted by atomic mass is 16.4. The molecule has 0 aromatic rings. The molecule has 0 aliphatic carbocycles. The van der Waals surface area contributed by atoms with Gasteiger partial charge in [0, 0.05) is 6.54 Å². The lowest BCUT2D eigenvalue weighted by atomic mass is 10.0. The minimum absolute atomic E-state index is 0.340. The summed E-state index contributed by atoms with van der Waals surface area (Å²) >= 11 is 0. The predicted octanol–water partition coefficient (Wildman–Crippen LogP) is 0.604. The normalized spacial score (nSPS) is 23.7. The Bertz CT molecular complexity index is 182. The Morgan fingerprint density at radius 2 is 1.92 bits per heavy atom. The van der Waals surface area contributed by atoms with Crippen LogP contribution in [-0.2, 0) is 4.79 Å². The molecule has 1 rings (SSSR count). The van der Waals surface area contributed by atoms with E-state index in [2.05, 4.69) is 0 Å². The highest BCUT2D eigenvalue weighted by molar-refractivity contribution is 5.79. The van der Waals surface area contributed by atoms with Crippen LogP contribution in [0.25, 0.3) is 0 Å². The van der Waals surface area contributed by atoms with Crippen molar-refractivity contribution < 1.29 is 19.8 Å². The molecule has 0 unspecified atom stereocenters. The molecule has 0 aromatic carbocycles. The zero-order valence-corrected chi connectivity index (χ0v) is 6.56. The fraction of sp³-hybridized carbons (Fsp3) is 0.714. The number of rotatable bonds is 1. The average Bonchev–Trinajstić information content (AvgIpc) is 2.04. The van der Waals surface area contributed by atoms with Gasteiger partial charge in [-0.1, -0.05) is 0 Å². The molecule has 68 valence electrons. The van der Waals surface area contributed by atoms with Crippen molar-refractivity contribution in [3.8, 4) is 0 Å². The van der Waals surface area contributed by atoms with Crippen LogP contribution < -0.4 is 0 Å². The number of hydrogen-bond donors (Lipinski definition) is 2. The molecule has 1 saturated heterocycles. The summed E-state index contributed by atoms with van der Waals surface area (Å²) in [5.74, 6) is -1.04. The molecule has 0 radical (unpaired) electrons. The van der Waals surface area contributed by atoms with Crippen molar-refractivity contribution >= 4 is 12.1 Å². The number of amides is 1. The molecular weight excluding hydrogens is 162 g/mol. The Morgan fingerprint density at radius 3 is 2.33 bits per heavy atom. The van der Waals surface area contributed by atoms with Crippen LogP contribution in [0, 0.1) is 0 Å². The molecule has 1 atom stereocenters. The van der Waals surface area contributed by atoms with E-state index in [4.69, 9.17) is 10.2 Å². The van der Waals surface area contributed by atoms with Crippen molar-refractivity contribution in [3.63, 3.8) is 0 Å². The second-order valence-corrected chi connectivity index (χ2v) is 2.83. The SMILES string of the molecule is O=C(O)[C@@H]1CCCCN1C(=O)O. The van der Waals surface area contributed by atoms with E-state index < -0.39 is 18.1 Å². The van der Waals surface area contributed by atoms with Gasteiger partial charge in [-0.3, -0.25) is 4.90 Å². The molecule has 1 fully saturated rings. The molecule has 1 amide bonds. The zero-order valence-electron chi connectivity index (χ0n) is 6.56. The maximum Gasteiger partial charge on any atom is 0.408 e. The zero-order chi connectivity index (χ0) is 9.14. The largest absolute Gasteiger partial charge is 0.480 e. The van der Waals surface area contributed by atoms with Gasteiger partial charge in [0.2, 0.25) is 0 Å². The van der Waals surface area contributed by atoms with Crippen LogP contribution >= 0.6 is 0 Å². The summed E-state index contributed by atoms with van der Waals surface area (Å²) in [5, 5.41) is 17.3. The molecule has 1 aliphatic rings. The lowest BCUT2D eigenvalue weighted by molar-refractivity contribution is -0.143. The van der Waals surface area contributed by atoms with Gasteiger partial charge < -0.3 is 10.2 Å². The predicted molar refractivity (Wildman–Crippen MR) is 40.0 cm³/mol. The van der Waals surface area contributed by atoms with Crippen LogP contribution in [0.1, 0.15) is 19.3 Å². The Kier molecular flexibility index (Phi) is 2.52. The molecular formula is C7H11NO4. The van der Waals surface area contributed by atoms with Crippen LogP contribution in [0.3, 0.4) is 0 Å². The van der Waals surface area contributed by atoms with Gasteiger partial charge in [0.05, 0.1) is 0 Å². The topological polar surface area (TPSA) is 77.8 Å². The summed E-state index contributed by atoms with van der Waals surface area (Å²) < 4.78 is 0. The number of carboxylic acid groups (broad SMARTS) is 2. The van der Waals surface area contributed by atoms with Crippen LogP contribution in [-0.4, -0.2) is 39.8 Å². The van der Waals surface area contributed by atoms with Crippen molar-refractivity contribution in [3.05, 3.63) is 0 Å². The Labute approximate surface area is 69.6 Å². The smallest absolute Gasteiger partial charge is 0.408 e. The van der Waals surface area contributed by atoms with E-state index in [0.717, 1.165) is 17.7 Å². The van der Waals surface area contributed by atoms with Crippen molar-refractivity contribution in [1.29, 1.82) is 0 Å². The molecule has 5 nitrogen and oxygen atoms in total. The lowest BCUT2D eigenvalue weighted by Crippen LogP contribution is -2.47. The minimum Gasteiger partial charge on any atom is -0.480 e. The Balaban J connectivity index is 2.67. The number of likely N-dealkylation sites (tertiary alicyclic amines) is 1. The van der Waals surface area contributed by atoms with Crippen LogP contribution in [0.5, 0.6) is 0 Å². The highest BCUT2D eigenvalue weighted by Crippen LogP contribution is 2.16. The van der Waals surface area contributed by atoms with Gasteiger partial charge in [-0.15, -0.1) is 0 Å². The third-order valence-corrected chi connectivity index (χ3v) is 2.03. The minimum atomic E-state index is -1.14. The number of carbonyl (C=O) groups is 2. The van der Waals surface area contributed by atoms with Gasteiger partial charge in [-0.2, -0.15) is 0 Å². The number of hydrogen-bond acceptors (Lipinski definition) is 2. The van der Waals surface area contributed by atoms with Gasteiger partial charge in [-0.25, -0.2) is 9.59 Å². The van der Waals surface area contributed by atoms with Crippen molar-refractivity contribution in [2.45, 2.75) is 25.3 Å². The van der Waals surface area contributed by atoms with Crippen molar-refractivity contribution in [1.82, 2.24) is 4.90 Å². The number of piperidine rings is 1. The Hall–Kier alpha value is -1.26. The average molecular weight is 173 g/mol. The van der Waals surface area contributed by atoms with Gasteiger partial charge >= 0.3 is 12.1 Å². The maximum absolute atomic E-state index is 10.6. The molecule has 0 spiro atoms. The second-order valence-electron chi connectivity index (χ2n) is 2.83. The first-order chi connectivity index (χ1) is 5.63. The van der Waals surface area contributed by atoms with Crippen LogP contribution in [0.15, 0.2) is 0 Å². The van der Waals surface area contributed by atoms with E-state index in [9.17, 15) is 9.59 Å². The summed E-state index contributed by atoms with van der Waals surface area (Å²) in [6.07, 6.45) is 0.848.